The molecule has 4 nitrogen and oxygen atoms in total. The maximum absolute atomic E-state index is 13.9. The highest BCUT2D eigenvalue weighted by Crippen LogP contribution is 2.58. The number of phosphoric acid groups is 1. The van der Waals surface area contributed by atoms with Gasteiger partial charge in [0.05, 0.1) is 0 Å². The van der Waals surface area contributed by atoms with Crippen molar-refractivity contribution in [3.8, 4) is 5.75 Å². The van der Waals surface area contributed by atoms with Crippen molar-refractivity contribution in [2.45, 2.75) is 38.9 Å². The monoisotopic (exact) mass is 410 g/mol. The van der Waals surface area contributed by atoms with E-state index in [0.717, 1.165) is 11.1 Å². The molecule has 0 amide bonds. The molecule has 5 heteroatoms. The number of hydrogen-bond donors (Lipinski definition) is 0. The van der Waals surface area contributed by atoms with Gasteiger partial charge < -0.3 is 4.52 Å². The fourth-order valence-electron chi connectivity index (χ4n) is 3.01. The third kappa shape index (κ3) is 5.57. The highest BCUT2D eigenvalue weighted by molar-refractivity contribution is 7.49. The van der Waals surface area contributed by atoms with Gasteiger partial charge in [0, 0.05) is 0 Å². The zero-order valence-electron chi connectivity index (χ0n) is 17.2. The molecule has 0 aliphatic heterocycles. The fourth-order valence-corrected chi connectivity index (χ4v) is 4.83. The van der Waals surface area contributed by atoms with E-state index in [2.05, 4.69) is 0 Å². The Bertz CT molecular complexity index is 896. The van der Waals surface area contributed by atoms with Gasteiger partial charge in [-0.05, 0) is 51.0 Å². The Morgan fingerprint density at radius 2 is 0.931 bits per heavy atom. The Morgan fingerprint density at radius 3 is 1.31 bits per heavy atom. The van der Waals surface area contributed by atoms with Crippen LogP contribution in [0.3, 0.4) is 0 Å². The van der Waals surface area contributed by atoms with E-state index in [4.69, 9.17) is 13.6 Å². The Kier molecular flexibility index (Phi) is 6.28. The van der Waals surface area contributed by atoms with Gasteiger partial charge in [0.1, 0.15) is 17.0 Å². The van der Waals surface area contributed by atoms with E-state index < -0.39 is 19.0 Å². The second-order valence-electron chi connectivity index (χ2n) is 7.79. The summed E-state index contributed by atoms with van der Waals surface area (Å²) in [5.74, 6) is 0.420. The molecule has 3 rings (SSSR count). The van der Waals surface area contributed by atoms with Crippen LogP contribution in [0.15, 0.2) is 91.0 Å². The molecular formula is C24H27O4P. The Labute approximate surface area is 173 Å². The van der Waals surface area contributed by atoms with E-state index in [1.807, 2.05) is 107 Å². The quantitative estimate of drug-likeness (QED) is 0.372. The van der Waals surface area contributed by atoms with E-state index in [9.17, 15) is 4.57 Å². The molecule has 0 aliphatic rings. The first kappa shape index (κ1) is 21.3. The van der Waals surface area contributed by atoms with Crippen molar-refractivity contribution in [1.82, 2.24) is 0 Å². The largest absolute Gasteiger partial charge is 0.531 e. The molecule has 0 fully saturated rings. The Balaban J connectivity index is 1.94. The number of rotatable bonds is 8. The van der Waals surface area contributed by atoms with Crippen LogP contribution in [0, 0.1) is 0 Å². The van der Waals surface area contributed by atoms with Crippen molar-refractivity contribution in [2.75, 3.05) is 0 Å². The van der Waals surface area contributed by atoms with Crippen molar-refractivity contribution >= 4 is 7.82 Å². The Hall–Kier alpha value is -2.39. The van der Waals surface area contributed by atoms with Gasteiger partial charge >= 0.3 is 7.82 Å². The van der Waals surface area contributed by atoms with Crippen LogP contribution in [0.1, 0.15) is 38.8 Å². The van der Waals surface area contributed by atoms with Gasteiger partial charge in [0.2, 0.25) is 0 Å². The van der Waals surface area contributed by atoms with Crippen molar-refractivity contribution in [2.24, 2.45) is 0 Å². The van der Waals surface area contributed by atoms with Crippen LogP contribution in [-0.4, -0.2) is 0 Å². The first-order chi connectivity index (χ1) is 13.7. The summed E-state index contributed by atoms with van der Waals surface area (Å²) in [7, 11) is -4.02. The van der Waals surface area contributed by atoms with Crippen LogP contribution >= 0.6 is 7.82 Å². The molecule has 0 saturated carbocycles. The summed E-state index contributed by atoms with van der Waals surface area (Å²) in [6.45, 7) is 7.40. The summed E-state index contributed by atoms with van der Waals surface area (Å²) >= 11 is 0. The average molecular weight is 410 g/mol. The summed E-state index contributed by atoms with van der Waals surface area (Å²) in [6, 6.07) is 28.1. The van der Waals surface area contributed by atoms with Crippen molar-refractivity contribution in [1.29, 1.82) is 0 Å². The molecule has 0 N–H and O–H groups in total. The summed E-state index contributed by atoms with van der Waals surface area (Å²) in [4.78, 5) is 0. The highest BCUT2D eigenvalue weighted by Gasteiger charge is 2.43. The number of para-hydroxylation sites is 1. The minimum atomic E-state index is -4.02. The van der Waals surface area contributed by atoms with Gasteiger partial charge in [-0.15, -0.1) is 0 Å². The third-order valence-corrected chi connectivity index (χ3v) is 6.37. The lowest BCUT2D eigenvalue weighted by Crippen LogP contribution is -2.27. The standard InChI is InChI=1S/C24H27O4P/c1-23(2,20-14-8-5-9-15-20)27-29(25,26-22-18-12-7-13-19-22)28-24(3,4)21-16-10-6-11-17-21/h5-19H,1-4H3. The summed E-state index contributed by atoms with van der Waals surface area (Å²) in [6.07, 6.45) is 0. The van der Waals surface area contributed by atoms with E-state index in [-0.39, 0.29) is 0 Å². The second-order valence-corrected chi connectivity index (χ2v) is 9.23. The number of hydrogen-bond acceptors (Lipinski definition) is 4. The van der Waals surface area contributed by atoms with Crippen LogP contribution in [0.4, 0.5) is 0 Å². The molecule has 0 saturated heterocycles. The predicted molar refractivity (Wildman–Crippen MR) is 116 cm³/mol. The van der Waals surface area contributed by atoms with Gasteiger partial charge in [-0.1, -0.05) is 78.9 Å². The fraction of sp³-hybridized carbons (Fsp3) is 0.250. The van der Waals surface area contributed by atoms with Crippen molar-refractivity contribution in [3.05, 3.63) is 102 Å². The summed E-state index contributed by atoms with van der Waals surface area (Å²) < 4.78 is 31.9. The average Bonchev–Trinajstić information content (AvgIpc) is 2.69. The van der Waals surface area contributed by atoms with Crippen LogP contribution in [-0.2, 0) is 24.8 Å². The molecule has 0 heterocycles. The molecule has 0 radical (unpaired) electrons. The van der Waals surface area contributed by atoms with Gasteiger partial charge in [-0.25, -0.2) is 4.57 Å². The summed E-state index contributed by atoms with van der Waals surface area (Å²) in [5, 5.41) is 0. The summed E-state index contributed by atoms with van der Waals surface area (Å²) in [5.41, 5.74) is -0.0348. The van der Waals surface area contributed by atoms with Crippen molar-refractivity contribution < 1.29 is 18.1 Å². The molecule has 3 aromatic rings. The molecule has 0 spiro atoms. The highest BCUT2D eigenvalue weighted by atomic mass is 31.2. The molecule has 152 valence electrons. The lowest BCUT2D eigenvalue weighted by Gasteiger charge is -2.34. The lowest BCUT2D eigenvalue weighted by molar-refractivity contribution is 0.00330. The van der Waals surface area contributed by atoms with Crippen LogP contribution in [0.5, 0.6) is 5.75 Å². The maximum Gasteiger partial charge on any atom is 0.531 e. The third-order valence-electron chi connectivity index (χ3n) is 4.58. The molecule has 29 heavy (non-hydrogen) atoms. The van der Waals surface area contributed by atoms with E-state index >= 15 is 0 Å². The maximum atomic E-state index is 13.9. The lowest BCUT2D eigenvalue weighted by atomic mass is 9.99. The van der Waals surface area contributed by atoms with Gasteiger partial charge in [-0.3, -0.25) is 9.05 Å². The second kappa shape index (κ2) is 8.54. The van der Waals surface area contributed by atoms with Gasteiger partial charge in [-0.2, -0.15) is 0 Å². The number of benzene rings is 3. The molecule has 0 bridgehead atoms. The zero-order valence-corrected chi connectivity index (χ0v) is 18.1. The van der Waals surface area contributed by atoms with E-state index in [1.54, 1.807) is 12.1 Å². The minimum absolute atomic E-state index is 0.420. The van der Waals surface area contributed by atoms with Gasteiger partial charge in [0.15, 0.2) is 0 Å². The van der Waals surface area contributed by atoms with Crippen LogP contribution in [0.25, 0.3) is 0 Å². The molecular weight excluding hydrogens is 383 g/mol. The van der Waals surface area contributed by atoms with E-state index in [0.29, 0.717) is 5.75 Å². The topological polar surface area (TPSA) is 44.8 Å². The predicted octanol–water partition coefficient (Wildman–Crippen LogP) is 7.08. The SMILES string of the molecule is CC(C)(OP(=O)(Oc1ccccc1)OC(C)(C)c1ccccc1)c1ccccc1. The molecule has 0 unspecified atom stereocenters. The van der Waals surface area contributed by atoms with Crippen molar-refractivity contribution in [3.63, 3.8) is 0 Å². The van der Waals surface area contributed by atoms with Gasteiger partial charge in [0.25, 0.3) is 0 Å². The molecule has 0 aliphatic carbocycles. The first-order valence-electron chi connectivity index (χ1n) is 9.57. The van der Waals surface area contributed by atoms with Crippen LogP contribution < -0.4 is 4.52 Å². The smallest absolute Gasteiger partial charge is 0.404 e. The first-order valence-corrected chi connectivity index (χ1v) is 11.0. The normalized spacial score (nSPS) is 12.6. The molecule has 3 aromatic carbocycles. The molecule has 0 atom stereocenters. The van der Waals surface area contributed by atoms with E-state index in [1.165, 1.54) is 0 Å². The minimum Gasteiger partial charge on any atom is -0.404 e. The number of phosphoric ester groups is 1. The van der Waals surface area contributed by atoms with Crippen LogP contribution in [0.2, 0.25) is 0 Å². The molecule has 0 aromatic heterocycles. The zero-order chi connectivity index (χ0) is 21.0. The Morgan fingerprint density at radius 1 is 0.586 bits per heavy atom.